The van der Waals surface area contributed by atoms with Crippen LogP contribution in [0.1, 0.15) is 15.9 Å². The molecule has 0 spiro atoms. The standard InChI is InChI=1S/C20H22BrFN2O2/c1-26-17-5-2-15(3-6-17)8-9-23-10-12-24(13-11-23)20(25)18-14-16(21)4-7-19(18)22/h2-7,14H,8-13H2,1H3. The maximum absolute atomic E-state index is 13.9. The molecule has 0 aromatic heterocycles. The Bertz CT molecular complexity index is 759. The fraction of sp³-hybridized carbons (Fsp3) is 0.350. The number of amides is 1. The predicted octanol–water partition coefficient (Wildman–Crippen LogP) is 3.60. The summed E-state index contributed by atoms with van der Waals surface area (Å²) in [7, 11) is 1.66. The lowest BCUT2D eigenvalue weighted by molar-refractivity contribution is 0.0634. The van der Waals surface area contributed by atoms with Gasteiger partial charge in [0.1, 0.15) is 11.6 Å². The lowest BCUT2D eigenvalue weighted by atomic mass is 10.1. The SMILES string of the molecule is COc1ccc(CCN2CCN(C(=O)c3cc(Br)ccc3F)CC2)cc1. The van der Waals surface area contributed by atoms with Crippen LogP contribution >= 0.6 is 15.9 Å². The third-order valence-corrected chi connectivity index (χ3v) is 5.19. The molecule has 1 saturated heterocycles. The third kappa shape index (κ3) is 4.62. The molecule has 1 aliphatic rings. The van der Waals surface area contributed by atoms with Gasteiger partial charge in [0.25, 0.3) is 5.91 Å². The van der Waals surface area contributed by atoms with Crippen LogP contribution in [0.5, 0.6) is 5.75 Å². The Morgan fingerprint density at radius 2 is 1.81 bits per heavy atom. The summed E-state index contributed by atoms with van der Waals surface area (Å²) in [6.07, 6.45) is 0.957. The first-order chi connectivity index (χ1) is 12.6. The fourth-order valence-electron chi connectivity index (χ4n) is 3.09. The fourth-order valence-corrected chi connectivity index (χ4v) is 3.45. The average molecular weight is 421 g/mol. The smallest absolute Gasteiger partial charge is 0.256 e. The lowest BCUT2D eigenvalue weighted by Gasteiger charge is -2.34. The minimum atomic E-state index is -0.472. The van der Waals surface area contributed by atoms with Gasteiger partial charge in [-0.1, -0.05) is 28.1 Å². The number of ether oxygens (including phenoxy) is 1. The Hall–Kier alpha value is -1.92. The number of rotatable bonds is 5. The van der Waals surface area contributed by atoms with E-state index in [1.165, 1.54) is 11.6 Å². The Labute approximate surface area is 161 Å². The predicted molar refractivity (Wildman–Crippen MR) is 103 cm³/mol. The molecule has 3 rings (SSSR count). The monoisotopic (exact) mass is 420 g/mol. The Kier molecular flexibility index (Phi) is 6.27. The maximum Gasteiger partial charge on any atom is 0.256 e. The molecule has 2 aromatic rings. The number of benzene rings is 2. The van der Waals surface area contributed by atoms with Crippen molar-refractivity contribution in [3.63, 3.8) is 0 Å². The Morgan fingerprint density at radius 3 is 2.46 bits per heavy atom. The molecule has 0 atom stereocenters. The molecule has 4 nitrogen and oxygen atoms in total. The lowest BCUT2D eigenvalue weighted by Crippen LogP contribution is -2.49. The van der Waals surface area contributed by atoms with Crippen LogP contribution in [0, 0.1) is 5.82 Å². The average Bonchev–Trinajstić information content (AvgIpc) is 2.68. The summed E-state index contributed by atoms with van der Waals surface area (Å²) in [6.45, 7) is 3.79. The van der Waals surface area contributed by atoms with Gasteiger partial charge in [0, 0.05) is 37.2 Å². The number of hydrogen-bond acceptors (Lipinski definition) is 3. The number of nitrogens with zero attached hydrogens (tertiary/aromatic N) is 2. The second kappa shape index (κ2) is 8.64. The van der Waals surface area contributed by atoms with Crippen molar-refractivity contribution < 1.29 is 13.9 Å². The summed E-state index contributed by atoms with van der Waals surface area (Å²) in [5, 5.41) is 0. The van der Waals surface area contributed by atoms with E-state index in [-0.39, 0.29) is 11.5 Å². The molecule has 2 aromatic carbocycles. The molecule has 0 N–H and O–H groups in total. The van der Waals surface area contributed by atoms with Gasteiger partial charge in [-0.25, -0.2) is 4.39 Å². The molecular formula is C20H22BrFN2O2. The number of halogens is 2. The van der Waals surface area contributed by atoms with Gasteiger partial charge in [0.15, 0.2) is 0 Å². The van der Waals surface area contributed by atoms with Crippen molar-refractivity contribution in [2.24, 2.45) is 0 Å². The van der Waals surface area contributed by atoms with E-state index < -0.39 is 5.82 Å². The van der Waals surface area contributed by atoms with Crippen LogP contribution in [0.4, 0.5) is 4.39 Å². The summed E-state index contributed by atoms with van der Waals surface area (Å²) < 4.78 is 19.8. The summed E-state index contributed by atoms with van der Waals surface area (Å²) >= 11 is 3.30. The first-order valence-electron chi connectivity index (χ1n) is 8.66. The van der Waals surface area contributed by atoms with Gasteiger partial charge in [0.2, 0.25) is 0 Å². The number of methoxy groups -OCH3 is 1. The van der Waals surface area contributed by atoms with Crippen LogP contribution < -0.4 is 4.74 Å². The van der Waals surface area contributed by atoms with Crippen molar-refractivity contribution >= 4 is 21.8 Å². The van der Waals surface area contributed by atoms with E-state index in [9.17, 15) is 9.18 Å². The molecule has 138 valence electrons. The van der Waals surface area contributed by atoms with Gasteiger partial charge >= 0.3 is 0 Å². The number of piperazine rings is 1. The van der Waals surface area contributed by atoms with Gasteiger partial charge in [-0.3, -0.25) is 9.69 Å². The van der Waals surface area contributed by atoms with Crippen LogP contribution in [-0.4, -0.2) is 55.5 Å². The van der Waals surface area contributed by atoms with Crippen LogP contribution in [0.2, 0.25) is 0 Å². The largest absolute Gasteiger partial charge is 0.497 e. The van der Waals surface area contributed by atoms with E-state index in [0.717, 1.165) is 31.8 Å². The first-order valence-corrected chi connectivity index (χ1v) is 9.46. The molecule has 1 heterocycles. The van der Waals surface area contributed by atoms with Crippen LogP contribution in [0.3, 0.4) is 0 Å². The molecular weight excluding hydrogens is 399 g/mol. The molecule has 0 saturated carbocycles. The zero-order valence-corrected chi connectivity index (χ0v) is 16.3. The molecule has 1 amide bonds. The number of carbonyl (C=O) groups excluding carboxylic acids is 1. The van der Waals surface area contributed by atoms with Crippen molar-refractivity contribution in [2.75, 3.05) is 39.8 Å². The maximum atomic E-state index is 13.9. The highest BCUT2D eigenvalue weighted by Crippen LogP contribution is 2.18. The highest BCUT2D eigenvalue weighted by atomic mass is 79.9. The summed E-state index contributed by atoms with van der Waals surface area (Å²) in [6, 6.07) is 12.6. The van der Waals surface area contributed by atoms with E-state index in [2.05, 4.69) is 33.0 Å². The number of carbonyl (C=O) groups is 1. The molecule has 0 bridgehead atoms. The van der Waals surface area contributed by atoms with Crippen molar-refractivity contribution in [3.8, 4) is 5.75 Å². The molecule has 1 aliphatic heterocycles. The van der Waals surface area contributed by atoms with E-state index >= 15 is 0 Å². The normalized spacial score (nSPS) is 15.1. The molecule has 1 fully saturated rings. The Balaban J connectivity index is 1.50. The Morgan fingerprint density at radius 1 is 1.12 bits per heavy atom. The molecule has 6 heteroatoms. The third-order valence-electron chi connectivity index (χ3n) is 4.69. The van der Waals surface area contributed by atoms with Crippen molar-refractivity contribution in [1.82, 2.24) is 9.80 Å². The van der Waals surface area contributed by atoms with Crippen molar-refractivity contribution in [3.05, 3.63) is 63.9 Å². The highest BCUT2D eigenvalue weighted by molar-refractivity contribution is 9.10. The zero-order valence-electron chi connectivity index (χ0n) is 14.8. The van der Waals surface area contributed by atoms with Gasteiger partial charge in [-0.2, -0.15) is 0 Å². The van der Waals surface area contributed by atoms with E-state index in [1.54, 1.807) is 24.1 Å². The summed E-state index contributed by atoms with van der Waals surface area (Å²) in [5.74, 6) is 0.152. The van der Waals surface area contributed by atoms with Crippen molar-refractivity contribution in [1.29, 1.82) is 0 Å². The van der Waals surface area contributed by atoms with E-state index in [0.29, 0.717) is 17.6 Å². The van der Waals surface area contributed by atoms with Gasteiger partial charge in [-0.05, 0) is 42.3 Å². The quantitative estimate of drug-likeness (QED) is 0.740. The summed E-state index contributed by atoms with van der Waals surface area (Å²) in [4.78, 5) is 16.6. The molecule has 0 unspecified atom stereocenters. The van der Waals surface area contributed by atoms with Crippen molar-refractivity contribution in [2.45, 2.75) is 6.42 Å². The molecule has 0 radical (unpaired) electrons. The molecule has 26 heavy (non-hydrogen) atoms. The van der Waals surface area contributed by atoms with E-state index in [4.69, 9.17) is 4.74 Å². The zero-order chi connectivity index (χ0) is 18.5. The highest BCUT2D eigenvalue weighted by Gasteiger charge is 2.24. The van der Waals surface area contributed by atoms with Crippen LogP contribution in [0.25, 0.3) is 0 Å². The first kappa shape index (κ1) is 18.9. The number of hydrogen-bond donors (Lipinski definition) is 0. The topological polar surface area (TPSA) is 32.8 Å². The second-order valence-corrected chi connectivity index (χ2v) is 7.27. The van der Waals surface area contributed by atoms with E-state index in [1.807, 2.05) is 12.1 Å². The van der Waals surface area contributed by atoms with Crippen LogP contribution in [-0.2, 0) is 6.42 Å². The minimum Gasteiger partial charge on any atom is -0.497 e. The summed E-state index contributed by atoms with van der Waals surface area (Å²) in [5.41, 5.74) is 1.39. The van der Waals surface area contributed by atoms with Crippen LogP contribution in [0.15, 0.2) is 46.9 Å². The van der Waals surface area contributed by atoms with Gasteiger partial charge < -0.3 is 9.64 Å². The van der Waals surface area contributed by atoms with Gasteiger partial charge in [0.05, 0.1) is 12.7 Å². The second-order valence-electron chi connectivity index (χ2n) is 6.36. The molecule has 0 aliphatic carbocycles. The van der Waals surface area contributed by atoms with Gasteiger partial charge in [-0.15, -0.1) is 0 Å². The minimum absolute atomic E-state index is 0.131.